The number of hydrogen-bond donors (Lipinski definition) is 0. The molecule has 1 amide bonds. The van der Waals surface area contributed by atoms with Crippen molar-refractivity contribution >= 4 is 22.0 Å². The average molecular weight is 371 g/mol. The Hall–Kier alpha value is -1.30. The lowest BCUT2D eigenvalue weighted by Crippen LogP contribution is -2.37. The third-order valence-electron chi connectivity index (χ3n) is 3.30. The van der Waals surface area contributed by atoms with E-state index in [-0.39, 0.29) is 12.2 Å². The number of nitrogens with zero attached hydrogens (tertiary/aromatic N) is 2. The number of carbonyl (C=O) groups excluding carboxylic acids is 1. The highest BCUT2D eigenvalue weighted by molar-refractivity contribution is 9.10. The van der Waals surface area contributed by atoms with E-state index >= 15 is 0 Å². The van der Waals surface area contributed by atoms with Gasteiger partial charge in [-0.2, -0.15) is 0 Å². The van der Waals surface area contributed by atoms with Gasteiger partial charge in [0.25, 0.3) is 0 Å². The fraction of sp³-hybridized carbons (Fsp3) is 0.625. The van der Waals surface area contributed by atoms with Crippen molar-refractivity contribution in [2.24, 2.45) is 0 Å². The first-order valence-electron chi connectivity index (χ1n) is 7.60. The van der Waals surface area contributed by atoms with E-state index in [1.54, 1.807) is 4.90 Å². The van der Waals surface area contributed by atoms with E-state index in [9.17, 15) is 4.79 Å². The van der Waals surface area contributed by atoms with Crippen LogP contribution in [0.3, 0.4) is 0 Å². The maximum Gasteiger partial charge on any atom is 0.410 e. The molecule has 0 radical (unpaired) electrons. The summed E-state index contributed by atoms with van der Waals surface area (Å²) < 4.78 is 12.1. The van der Waals surface area contributed by atoms with E-state index in [4.69, 9.17) is 9.47 Å². The van der Waals surface area contributed by atoms with Crippen molar-refractivity contribution in [2.45, 2.75) is 51.7 Å². The summed E-state index contributed by atoms with van der Waals surface area (Å²) in [4.78, 5) is 18.2. The van der Waals surface area contributed by atoms with Crippen molar-refractivity contribution in [3.63, 3.8) is 0 Å². The second-order valence-electron chi connectivity index (χ2n) is 6.44. The topological polar surface area (TPSA) is 51.7 Å². The molecule has 1 saturated heterocycles. The zero-order valence-corrected chi connectivity index (χ0v) is 14.9. The normalized spacial score (nSPS) is 19.5. The van der Waals surface area contributed by atoms with Crippen LogP contribution in [0.2, 0.25) is 0 Å². The lowest BCUT2D eigenvalue weighted by molar-refractivity contribution is 0.0252. The van der Waals surface area contributed by atoms with Crippen molar-refractivity contribution in [3.05, 3.63) is 22.8 Å². The SMILES string of the molecule is CC(C)(C)OC(=O)N1CCCC(Oc2cccc(Br)n2)CC1. The summed E-state index contributed by atoms with van der Waals surface area (Å²) >= 11 is 3.34. The average Bonchev–Trinajstić information content (AvgIpc) is 2.62. The van der Waals surface area contributed by atoms with Crippen LogP contribution in [0, 0.1) is 0 Å². The van der Waals surface area contributed by atoms with Crippen LogP contribution in [0.1, 0.15) is 40.0 Å². The highest BCUT2D eigenvalue weighted by Gasteiger charge is 2.25. The minimum atomic E-state index is -0.459. The molecule has 1 aliphatic heterocycles. The number of ether oxygens (including phenoxy) is 2. The summed E-state index contributed by atoms with van der Waals surface area (Å²) in [5.74, 6) is 0.616. The monoisotopic (exact) mass is 370 g/mol. The van der Waals surface area contributed by atoms with Gasteiger partial charge in [-0.1, -0.05) is 6.07 Å². The molecule has 2 heterocycles. The summed E-state index contributed by atoms with van der Waals surface area (Å²) in [6.07, 6.45) is 2.43. The molecule has 1 aromatic rings. The zero-order chi connectivity index (χ0) is 16.2. The van der Waals surface area contributed by atoms with Crippen LogP contribution in [0.4, 0.5) is 4.79 Å². The van der Waals surface area contributed by atoms with Gasteiger partial charge in [0.1, 0.15) is 16.3 Å². The van der Waals surface area contributed by atoms with Gasteiger partial charge in [-0.25, -0.2) is 9.78 Å². The molecule has 1 aromatic heterocycles. The Morgan fingerprint density at radius 1 is 1.32 bits per heavy atom. The number of hydrogen-bond acceptors (Lipinski definition) is 4. The lowest BCUT2D eigenvalue weighted by atomic mass is 10.2. The van der Waals surface area contributed by atoms with Gasteiger partial charge in [0, 0.05) is 25.6 Å². The zero-order valence-electron chi connectivity index (χ0n) is 13.3. The number of amides is 1. The summed E-state index contributed by atoms with van der Waals surface area (Å²) in [5.41, 5.74) is -0.459. The van der Waals surface area contributed by atoms with Gasteiger partial charge < -0.3 is 14.4 Å². The van der Waals surface area contributed by atoms with Crippen LogP contribution in [0.5, 0.6) is 5.88 Å². The first kappa shape index (κ1) is 17.1. The largest absolute Gasteiger partial charge is 0.474 e. The van der Waals surface area contributed by atoms with Gasteiger partial charge in [0.05, 0.1) is 0 Å². The minimum Gasteiger partial charge on any atom is -0.474 e. The van der Waals surface area contributed by atoms with Gasteiger partial charge in [0.2, 0.25) is 5.88 Å². The molecule has 1 aliphatic rings. The van der Waals surface area contributed by atoms with Crippen LogP contribution in [0.15, 0.2) is 22.8 Å². The van der Waals surface area contributed by atoms with E-state index < -0.39 is 5.60 Å². The van der Waals surface area contributed by atoms with Gasteiger partial charge >= 0.3 is 6.09 Å². The van der Waals surface area contributed by atoms with E-state index in [1.165, 1.54) is 0 Å². The van der Waals surface area contributed by atoms with Gasteiger partial charge in [-0.3, -0.25) is 0 Å². The van der Waals surface area contributed by atoms with Crippen LogP contribution < -0.4 is 4.74 Å². The van der Waals surface area contributed by atoms with E-state index in [1.807, 2.05) is 39.0 Å². The molecule has 0 bridgehead atoms. The van der Waals surface area contributed by atoms with E-state index in [0.29, 0.717) is 19.0 Å². The Kier molecular flexibility index (Phi) is 5.67. The molecular formula is C16H23BrN2O3. The molecule has 0 saturated carbocycles. The molecule has 5 nitrogen and oxygen atoms in total. The molecule has 1 atom stereocenters. The third-order valence-corrected chi connectivity index (χ3v) is 3.75. The second kappa shape index (κ2) is 7.31. The molecule has 6 heteroatoms. The predicted molar refractivity (Wildman–Crippen MR) is 88.0 cm³/mol. The maximum absolute atomic E-state index is 12.1. The van der Waals surface area contributed by atoms with Crippen LogP contribution in [0.25, 0.3) is 0 Å². The maximum atomic E-state index is 12.1. The minimum absolute atomic E-state index is 0.0780. The number of rotatable bonds is 2. The van der Waals surface area contributed by atoms with Crippen LogP contribution >= 0.6 is 15.9 Å². The summed E-state index contributed by atoms with van der Waals surface area (Å²) in [6.45, 7) is 7.00. The third kappa shape index (κ3) is 5.48. The number of likely N-dealkylation sites (tertiary alicyclic amines) is 1. The molecule has 2 rings (SSSR count). The molecule has 1 fully saturated rings. The molecule has 122 valence electrons. The number of aromatic nitrogens is 1. The first-order valence-corrected chi connectivity index (χ1v) is 8.40. The second-order valence-corrected chi connectivity index (χ2v) is 7.25. The van der Waals surface area contributed by atoms with Crippen molar-refractivity contribution in [3.8, 4) is 5.88 Å². The van der Waals surface area contributed by atoms with Crippen LogP contribution in [-0.2, 0) is 4.74 Å². The molecule has 22 heavy (non-hydrogen) atoms. The molecule has 0 N–H and O–H groups in total. The fourth-order valence-electron chi connectivity index (χ4n) is 2.32. The van der Waals surface area contributed by atoms with Crippen molar-refractivity contribution < 1.29 is 14.3 Å². The Bertz CT molecular complexity index is 516. The number of carbonyl (C=O) groups is 1. The quantitative estimate of drug-likeness (QED) is 0.737. The summed E-state index contributed by atoms with van der Waals surface area (Å²) in [5, 5.41) is 0. The molecular weight excluding hydrogens is 348 g/mol. The van der Waals surface area contributed by atoms with Gasteiger partial charge in [0.15, 0.2) is 0 Å². The standard InChI is InChI=1S/C16H23BrN2O3/c1-16(2,3)22-15(20)19-10-5-6-12(9-11-19)21-14-8-4-7-13(17)18-14/h4,7-8,12H,5-6,9-11H2,1-3H3. The first-order chi connectivity index (χ1) is 10.3. The number of halogens is 1. The Morgan fingerprint density at radius 2 is 2.09 bits per heavy atom. The Labute approximate surface area is 140 Å². The van der Waals surface area contributed by atoms with Crippen molar-refractivity contribution in [2.75, 3.05) is 13.1 Å². The molecule has 0 aliphatic carbocycles. The van der Waals surface area contributed by atoms with E-state index in [2.05, 4.69) is 20.9 Å². The Balaban J connectivity index is 1.88. The highest BCUT2D eigenvalue weighted by Crippen LogP contribution is 2.20. The lowest BCUT2D eigenvalue weighted by Gasteiger charge is -2.26. The van der Waals surface area contributed by atoms with Crippen LogP contribution in [-0.4, -0.2) is 40.8 Å². The molecule has 0 spiro atoms. The highest BCUT2D eigenvalue weighted by atomic mass is 79.9. The smallest absolute Gasteiger partial charge is 0.410 e. The Morgan fingerprint density at radius 3 is 2.77 bits per heavy atom. The van der Waals surface area contributed by atoms with Gasteiger partial charge in [-0.15, -0.1) is 0 Å². The van der Waals surface area contributed by atoms with E-state index in [0.717, 1.165) is 23.9 Å². The van der Waals surface area contributed by atoms with Crippen molar-refractivity contribution in [1.29, 1.82) is 0 Å². The number of pyridine rings is 1. The van der Waals surface area contributed by atoms with Gasteiger partial charge in [-0.05, 0) is 55.6 Å². The predicted octanol–water partition coefficient (Wildman–Crippen LogP) is 4.01. The molecule has 0 aromatic carbocycles. The van der Waals surface area contributed by atoms with Crippen molar-refractivity contribution in [1.82, 2.24) is 9.88 Å². The fourth-order valence-corrected chi connectivity index (χ4v) is 2.65. The molecule has 1 unspecified atom stereocenters. The summed E-state index contributed by atoms with van der Waals surface area (Å²) in [6, 6.07) is 5.61. The summed E-state index contributed by atoms with van der Waals surface area (Å²) in [7, 11) is 0.